The first-order valence-electron chi connectivity index (χ1n) is 23.5. The molecule has 304 valence electrons. The van der Waals surface area contributed by atoms with E-state index in [0.717, 1.165) is 5.96 Å². The molecule has 0 aliphatic heterocycles. The van der Waals surface area contributed by atoms with Crippen molar-refractivity contribution in [2.75, 3.05) is 10.6 Å². The quantitative estimate of drug-likeness (QED) is 0.144. The lowest BCUT2D eigenvalue weighted by atomic mass is 9.88. The van der Waals surface area contributed by atoms with Crippen molar-refractivity contribution in [3.8, 4) is 0 Å². The third-order valence-corrected chi connectivity index (χ3v) is 13.8. The van der Waals surface area contributed by atoms with Gasteiger partial charge in [-0.2, -0.15) is 0 Å². The molecule has 4 aliphatic rings. The summed E-state index contributed by atoms with van der Waals surface area (Å²) in [5.41, 5.74) is 7.98. The molecule has 0 spiro atoms. The van der Waals surface area contributed by atoms with Crippen LogP contribution < -0.4 is 10.6 Å². The Labute approximate surface area is 337 Å². The van der Waals surface area contributed by atoms with E-state index in [2.05, 4.69) is 112 Å². The molecule has 2 aromatic rings. The number of aliphatic imine (C=N–C) groups is 1. The lowest BCUT2D eigenvalue weighted by Gasteiger charge is -2.41. The Bertz CT molecular complexity index is 1400. The van der Waals surface area contributed by atoms with Gasteiger partial charge < -0.3 is 10.6 Å². The Hall–Kier alpha value is -2.82. The summed E-state index contributed by atoms with van der Waals surface area (Å²) >= 11 is 0. The Balaban J connectivity index is 1.65. The van der Waals surface area contributed by atoms with Crippen LogP contribution >= 0.6 is 0 Å². The van der Waals surface area contributed by atoms with Gasteiger partial charge in [0.2, 0.25) is 0 Å². The van der Waals surface area contributed by atoms with E-state index in [1.807, 2.05) is 0 Å². The molecule has 2 aromatic carbocycles. The summed E-state index contributed by atoms with van der Waals surface area (Å²) in [5.74, 6) is 3.79. The highest BCUT2D eigenvalue weighted by Crippen LogP contribution is 2.37. The second kappa shape index (κ2) is 20.0. The molecular formula is C50H80N5+. The van der Waals surface area contributed by atoms with Crippen LogP contribution in [0.5, 0.6) is 0 Å². The predicted octanol–water partition coefficient (Wildman–Crippen LogP) is 14.1. The van der Waals surface area contributed by atoms with E-state index in [-0.39, 0.29) is 0 Å². The smallest absolute Gasteiger partial charge is 0.311 e. The standard InChI is InChI=1S/C50H79N5/c1-35(2)43-31-21-32-44(36(3)4)47(43)51-49(52-48-45(37(5)6)33-22-34-46(48)38(7)8)53-50(54(39-23-13-9-14-24-39)40-25-15-10-16-26-40)55(41-27-17-11-18-28-41)42-29-19-12-20-30-42/h21-22,31-42H,9-20,23-30H2,1-8H3,(H,51,52)/p+1. The maximum Gasteiger partial charge on any atom is 0.393 e. The van der Waals surface area contributed by atoms with Crippen molar-refractivity contribution in [1.29, 1.82) is 0 Å². The molecule has 0 heterocycles. The Kier molecular flexibility index (Phi) is 15.2. The van der Waals surface area contributed by atoms with Crippen molar-refractivity contribution < 1.29 is 4.58 Å². The van der Waals surface area contributed by atoms with Gasteiger partial charge in [0.15, 0.2) is 0 Å². The van der Waals surface area contributed by atoms with E-state index >= 15 is 0 Å². The average molecular weight is 751 g/mol. The fraction of sp³-hybridized carbons (Fsp3) is 0.720. The van der Waals surface area contributed by atoms with E-state index in [1.165, 1.54) is 168 Å². The molecule has 0 radical (unpaired) electrons. The van der Waals surface area contributed by atoms with Gasteiger partial charge in [0.1, 0.15) is 0 Å². The third kappa shape index (κ3) is 10.4. The van der Waals surface area contributed by atoms with Gasteiger partial charge in [0, 0.05) is 11.4 Å². The highest BCUT2D eigenvalue weighted by molar-refractivity contribution is 6.10. The highest BCUT2D eigenvalue weighted by Gasteiger charge is 2.42. The second-order valence-electron chi connectivity index (χ2n) is 19.2. The van der Waals surface area contributed by atoms with Gasteiger partial charge in [0.25, 0.3) is 5.96 Å². The predicted molar refractivity (Wildman–Crippen MR) is 239 cm³/mol. The van der Waals surface area contributed by atoms with Gasteiger partial charge >= 0.3 is 5.96 Å². The summed E-state index contributed by atoms with van der Waals surface area (Å²) in [6.07, 6.45) is 26.7. The molecule has 2 N–H and O–H groups in total. The monoisotopic (exact) mass is 751 g/mol. The van der Waals surface area contributed by atoms with Crippen LogP contribution in [0.4, 0.5) is 11.4 Å². The zero-order valence-corrected chi connectivity index (χ0v) is 36.6. The third-order valence-electron chi connectivity index (χ3n) is 13.8. The molecule has 6 rings (SSSR count). The van der Waals surface area contributed by atoms with Crippen LogP contribution in [0.15, 0.2) is 41.4 Å². The molecule has 0 atom stereocenters. The molecule has 5 nitrogen and oxygen atoms in total. The minimum Gasteiger partial charge on any atom is -0.311 e. The summed E-state index contributed by atoms with van der Waals surface area (Å²) in [7, 11) is 0. The van der Waals surface area contributed by atoms with Crippen molar-refractivity contribution in [2.45, 2.75) is 232 Å². The summed E-state index contributed by atoms with van der Waals surface area (Å²) < 4.78 is 3.00. The molecule has 4 aliphatic carbocycles. The lowest BCUT2D eigenvalue weighted by Crippen LogP contribution is -2.55. The van der Waals surface area contributed by atoms with E-state index < -0.39 is 0 Å². The minimum atomic E-state index is 0.391. The van der Waals surface area contributed by atoms with Crippen LogP contribution in [0.25, 0.3) is 0 Å². The van der Waals surface area contributed by atoms with Crippen molar-refractivity contribution in [3.05, 3.63) is 58.7 Å². The van der Waals surface area contributed by atoms with Gasteiger partial charge in [0.05, 0.1) is 24.2 Å². The number of nitrogens with one attached hydrogen (secondary N) is 2. The Morgan fingerprint density at radius 1 is 0.491 bits per heavy atom. The van der Waals surface area contributed by atoms with E-state index in [4.69, 9.17) is 4.99 Å². The van der Waals surface area contributed by atoms with E-state index in [9.17, 15) is 0 Å². The number of anilines is 2. The van der Waals surface area contributed by atoms with Gasteiger partial charge in [-0.05, 0) is 102 Å². The summed E-state index contributed by atoms with van der Waals surface area (Å²) in [6.45, 7) is 18.8. The number of benzene rings is 2. The average Bonchev–Trinajstić information content (AvgIpc) is 3.19. The van der Waals surface area contributed by atoms with Crippen LogP contribution in [-0.2, 0) is 0 Å². The summed E-state index contributed by atoms with van der Waals surface area (Å²) in [6, 6.07) is 16.2. The fourth-order valence-electron chi connectivity index (χ4n) is 10.7. The maximum atomic E-state index is 6.23. The van der Waals surface area contributed by atoms with Gasteiger partial charge in [-0.1, -0.05) is 169 Å². The number of nitrogens with zero attached hydrogens (tertiary/aromatic N) is 3. The first-order valence-corrected chi connectivity index (χ1v) is 23.5. The first kappa shape index (κ1) is 41.8. The van der Waals surface area contributed by atoms with E-state index in [0.29, 0.717) is 47.8 Å². The molecule has 0 amide bonds. The van der Waals surface area contributed by atoms with E-state index in [1.54, 1.807) is 0 Å². The van der Waals surface area contributed by atoms with Crippen molar-refractivity contribution >= 4 is 23.3 Å². The largest absolute Gasteiger partial charge is 0.393 e. The first-order chi connectivity index (χ1) is 26.6. The van der Waals surface area contributed by atoms with Crippen LogP contribution in [-0.4, -0.2) is 45.6 Å². The SMILES string of the molecule is CC(C)c1cccc(C(C)C)c1NC(=NC(N(C1CCCCC1)C1CCCCC1)=[N+](C1CCCCC1)C1CCCCC1)Nc1c(C(C)C)cccc1C(C)C. The topological polar surface area (TPSA) is 42.7 Å². The maximum absolute atomic E-state index is 6.23. The number of hydrogen-bond acceptors (Lipinski definition) is 0. The molecule has 0 aromatic heterocycles. The Morgan fingerprint density at radius 2 is 0.800 bits per heavy atom. The van der Waals surface area contributed by atoms with Gasteiger partial charge in [-0.15, -0.1) is 0 Å². The summed E-state index contributed by atoms with van der Waals surface area (Å²) in [5, 5.41) is 8.35. The lowest BCUT2D eigenvalue weighted by molar-refractivity contribution is -0.612. The Morgan fingerprint density at radius 3 is 1.11 bits per heavy atom. The fourth-order valence-corrected chi connectivity index (χ4v) is 10.7. The molecule has 4 saturated carbocycles. The number of hydrogen-bond donors (Lipinski definition) is 2. The van der Waals surface area contributed by atoms with Crippen LogP contribution in [0.3, 0.4) is 0 Å². The second-order valence-corrected chi connectivity index (χ2v) is 19.2. The van der Waals surface area contributed by atoms with Crippen molar-refractivity contribution in [2.24, 2.45) is 4.99 Å². The molecule has 0 unspecified atom stereocenters. The number of para-hydroxylation sites is 2. The summed E-state index contributed by atoms with van der Waals surface area (Å²) in [4.78, 5) is 9.23. The molecule has 55 heavy (non-hydrogen) atoms. The van der Waals surface area contributed by atoms with Crippen LogP contribution in [0, 0.1) is 0 Å². The number of rotatable bonds is 10. The zero-order valence-electron chi connectivity index (χ0n) is 36.6. The van der Waals surface area contributed by atoms with Gasteiger partial charge in [-0.25, -0.2) is 0 Å². The number of guanidine groups is 2. The van der Waals surface area contributed by atoms with Crippen LogP contribution in [0.1, 0.15) is 230 Å². The molecule has 4 fully saturated rings. The normalized spacial score (nSPS) is 19.6. The molecular weight excluding hydrogens is 671 g/mol. The molecule has 0 saturated heterocycles. The highest BCUT2D eigenvalue weighted by atomic mass is 15.4. The van der Waals surface area contributed by atoms with Gasteiger partial charge in [-0.3, -0.25) is 9.48 Å². The molecule has 5 heteroatoms. The zero-order chi connectivity index (χ0) is 38.9. The molecule has 0 bridgehead atoms. The van der Waals surface area contributed by atoms with Crippen molar-refractivity contribution in [3.63, 3.8) is 0 Å². The minimum absolute atomic E-state index is 0.391. The van der Waals surface area contributed by atoms with Crippen molar-refractivity contribution in [1.82, 2.24) is 4.90 Å². The van der Waals surface area contributed by atoms with Crippen LogP contribution in [0.2, 0.25) is 0 Å².